The lowest BCUT2D eigenvalue weighted by Crippen LogP contribution is -2.54. The molecule has 55 heavy (non-hydrogen) atoms. The molecule has 0 spiro atoms. The predicted octanol–water partition coefficient (Wildman–Crippen LogP) is 0.876. The number of primary amides is 1. The minimum atomic E-state index is -0.979. The number of nitrogens with two attached hydrogens (primary N) is 1. The second-order valence-electron chi connectivity index (χ2n) is 12.6. The van der Waals surface area contributed by atoms with Gasteiger partial charge in [0.05, 0.1) is 77.2 Å². The summed E-state index contributed by atoms with van der Waals surface area (Å²) in [5.41, 5.74) is 6.88. The quantitative estimate of drug-likeness (QED) is 0.0548. The summed E-state index contributed by atoms with van der Waals surface area (Å²) < 4.78 is 21.8. The highest BCUT2D eigenvalue weighted by atomic mass is 16.7. The zero-order valence-electron chi connectivity index (χ0n) is 31.2. The van der Waals surface area contributed by atoms with E-state index in [1.54, 1.807) is 62.4 Å². The Labute approximate surface area is 319 Å². The van der Waals surface area contributed by atoms with Gasteiger partial charge in [-0.3, -0.25) is 28.8 Å². The van der Waals surface area contributed by atoms with E-state index in [0.717, 1.165) is 5.06 Å². The maximum absolute atomic E-state index is 13.3. The van der Waals surface area contributed by atoms with E-state index in [4.69, 9.17) is 29.5 Å². The lowest BCUT2D eigenvalue weighted by Gasteiger charge is -2.25. The molecule has 0 bridgehead atoms. The summed E-state index contributed by atoms with van der Waals surface area (Å²) in [4.78, 5) is 80.0. The van der Waals surface area contributed by atoms with Crippen LogP contribution in [0.15, 0.2) is 48.5 Å². The summed E-state index contributed by atoms with van der Waals surface area (Å²) in [6.45, 7) is 5.60. The number of hydrogen-bond donors (Lipinski definition) is 6. The minimum Gasteiger partial charge on any atom is -0.392 e. The van der Waals surface area contributed by atoms with Crippen LogP contribution in [0.5, 0.6) is 0 Å². The largest absolute Gasteiger partial charge is 0.392 e. The van der Waals surface area contributed by atoms with Gasteiger partial charge in [0.1, 0.15) is 12.1 Å². The number of urea groups is 1. The molecule has 0 saturated carbocycles. The van der Waals surface area contributed by atoms with E-state index >= 15 is 0 Å². The van der Waals surface area contributed by atoms with Crippen molar-refractivity contribution in [2.75, 3.05) is 71.3 Å². The number of nitrogens with one attached hydrogen (secondary N) is 4. The Morgan fingerprint density at radius 1 is 0.745 bits per heavy atom. The predicted molar refractivity (Wildman–Crippen MR) is 197 cm³/mol. The number of aliphatic hydroxyl groups is 1. The van der Waals surface area contributed by atoms with Crippen LogP contribution in [-0.2, 0) is 44.8 Å². The highest BCUT2D eigenvalue weighted by molar-refractivity contribution is 6.20. The smallest absolute Gasteiger partial charge is 0.312 e. The Hall–Kier alpha value is -4.98. The molecule has 302 valence electrons. The Bertz CT molecular complexity index is 1520. The Balaban J connectivity index is 1.24. The van der Waals surface area contributed by atoms with E-state index in [2.05, 4.69) is 21.3 Å². The van der Waals surface area contributed by atoms with Gasteiger partial charge in [-0.1, -0.05) is 38.1 Å². The Kier molecular flexibility index (Phi) is 19.7. The van der Waals surface area contributed by atoms with Gasteiger partial charge in [0.25, 0.3) is 11.8 Å². The summed E-state index contributed by atoms with van der Waals surface area (Å²) in [6, 6.07) is 10.5. The van der Waals surface area contributed by atoms with Crippen LogP contribution in [0.3, 0.4) is 0 Å². The van der Waals surface area contributed by atoms with Crippen molar-refractivity contribution in [3.63, 3.8) is 0 Å². The van der Waals surface area contributed by atoms with Crippen LogP contribution in [-0.4, -0.2) is 124 Å². The first kappa shape index (κ1) is 44.4. The third-order valence-electron chi connectivity index (χ3n) is 8.07. The third-order valence-corrected chi connectivity index (χ3v) is 8.07. The zero-order chi connectivity index (χ0) is 40.0. The van der Waals surface area contributed by atoms with Gasteiger partial charge in [-0.05, 0) is 48.6 Å². The van der Waals surface area contributed by atoms with E-state index in [1.165, 1.54) is 0 Å². The number of hydroxylamine groups is 2. The molecule has 2 atom stereocenters. The van der Waals surface area contributed by atoms with Crippen LogP contribution in [0.4, 0.5) is 10.5 Å². The second-order valence-corrected chi connectivity index (χ2v) is 12.6. The van der Waals surface area contributed by atoms with Crippen LogP contribution in [0, 0.1) is 5.92 Å². The first-order valence-electron chi connectivity index (χ1n) is 18.1. The lowest BCUT2D eigenvalue weighted by atomic mass is 10.0. The molecule has 0 aromatic heterocycles. The second kappa shape index (κ2) is 24.4. The average Bonchev–Trinajstić information content (AvgIpc) is 3.41. The number of anilines is 1. The first-order chi connectivity index (χ1) is 26.5. The fourth-order valence-corrected chi connectivity index (χ4v) is 5.15. The van der Waals surface area contributed by atoms with Crippen molar-refractivity contribution in [3.05, 3.63) is 65.2 Å². The van der Waals surface area contributed by atoms with Crippen molar-refractivity contribution in [1.82, 2.24) is 21.0 Å². The number of fused-ring (bicyclic) bond motifs is 1. The molecule has 0 radical (unpaired) electrons. The van der Waals surface area contributed by atoms with E-state index < -0.39 is 47.7 Å². The van der Waals surface area contributed by atoms with Gasteiger partial charge < -0.3 is 51.1 Å². The van der Waals surface area contributed by atoms with Crippen molar-refractivity contribution < 1.29 is 57.7 Å². The number of nitrogens with zero attached hydrogens (tertiary/aromatic N) is 1. The molecule has 0 saturated heterocycles. The minimum absolute atomic E-state index is 0.00448. The van der Waals surface area contributed by atoms with Gasteiger partial charge in [-0.2, -0.15) is 0 Å². The molecule has 7 amide bonds. The van der Waals surface area contributed by atoms with Crippen molar-refractivity contribution >= 4 is 41.3 Å². The number of carbonyl (C=O) groups is 6. The van der Waals surface area contributed by atoms with Crippen molar-refractivity contribution in [3.8, 4) is 0 Å². The summed E-state index contributed by atoms with van der Waals surface area (Å²) >= 11 is 0. The van der Waals surface area contributed by atoms with E-state index in [1.807, 2.05) is 0 Å². The topological polar surface area (TPSA) is 246 Å². The molecule has 1 aliphatic heterocycles. The molecule has 2 aromatic rings. The summed E-state index contributed by atoms with van der Waals surface area (Å²) in [5.74, 6) is -2.74. The molecule has 18 nitrogen and oxygen atoms in total. The van der Waals surface area contributed by atoms with Crippen LogP contribution in [0.2, 0.25) is 0 Å². The molecular weight excluding hydrogens is 720 g/mol. The number of rotatable bonds is 27. The summed E-state index contributed by atoms with van der Waals surface area (Å²) in [6.07, 6.45) is 0.522. The monoisotopic (exact) mass is 772 g/mol. The zero-order valence-corrected chi connectivity index (χ0v) is 31.2. The molecular formula is C37H52N6O12. The Morgan fingerprint density at radius 2 is 1.29 bits per heavy atom. The maximum atomic E-state index is 13.3. The summed E-state index contributed by atoms with van der Waals surface area (Å²) in [5, 5.41) is 20.6. The van der Waals surface area contributed by atoms with Gasteiger partial charge >= 0.3 is 6.03 Å². The van der Waals surface area contributed by atoms with E-state index in [0.29, 0.717) is 48.6 Å². The molecule has 3 rings (SSSR count). The fourth-order valence-electron chi connectivity index (χ4n) is 5.15. The average molecular weight is 773 g/mol. The fraction of sp³-hybridized carbons (Fsp3) is 0.514. The van der Waals surface area contributed by atoms with Gasteiger partial charge in [-0.15, -0.1) is 5.06 Å². The molecule has 2 aromatic carbocycles. The van der Waals surface area contributed by atoms with Gasteiger partial charge in [0.2, 0.25) is 17.7 Å². The van der Waals surface area contributed by atoms with Crippen LogP contribution >= 0.6 is 0 Å². The van der Waals surface area contributed by atoms with Crippen molar-refractivity contribution in [2.45, 2.75) is 51.8 Å². The van der Waals surface area contributed by atoms with Crippen molar-refractivity contribution in [2.24, 2.45) is 11.7 Å². The van der Waals surface area contributed by atoms with Gasteiger partial charge in [-0.25, -0.2) is 4.79 Å². The number of benzene rings is 2. The maximum Gasteiger partial charge on any atom is 0.312 e. The number of aliphatic hydroxyl groups excluding tert-OH is 1. The molecule has 0 aliphatic carbocycles. The molecule has 1 heterocycles. The van der Waals surface area contributed by atoms with Crippen LogP contribution in [0.25, 0.3) is 0 Å². The third kappa shape index (κ3) is 15.7. The number of imide groups is 1. The highest BCUT2D eigenvalue weighted by Crippen LogP contribution is 2.22. The molecule has 0 unspecified atom stereocenters. The number of amides is 7. The number of ether oxygens (including phenoxy) is 4. The van der Waals surface area contributed by atoms with E-state index in [-0.39, 0.29) is 71.6 Å². The van der Waals surface area contributed by atoms with Gasteiger partial charge in [0, 0.05) is 18.7 Å². The van der Waals surface area contributed by atoms with Gasteiger partial charge in [0.15, 0.2) is 0 Å². The number of hydrogen-bond acceptors (Lipinski definition) is 12. The summed E-state index contributed by atoms with van der Waals surface area (Å²) in [7, 11) is 0. The molecule has 1 aliphatic rings. The normalized spacial score (nSPS) is 13.3. The Morgan fingerprint density at radius 3 is 1.82 bits per heavy atom. The number of carbonyl (C=O) groups excluding carboxylic acids is 6. The standard InChI is InChI=1S/C37H52N6O12/c1-25(2)32(34(47)41-30(8-5-14-39-37(38)50)33(46)40-27-11-9-26(24-44)10-12-27)42-31(45)13-15-51-16-17-52-18-19-53-20-21-54-22-23-55-43-35(48)28-6-3-4-7-29(28)36(43)49/h3-4,6-7,9-12,25,30,32,44H,5,8,13-24H2,1-2H3,(H,40,46)(H,41,47)(H,42,45)(H3,38,39,50)/t30-,32-/m0/s1. The van der Waals surface area contributed by atoms with Crippen molar-refractivity contribution in [1.29, 1.82) is 0 Å². The molecule has 18 heteroatoms. The highest BCUT2D eigenvalue weighted by Gasteiger charge is 2.36. The molecule has 7 N–H and O–H groups in total. The van der Waals surface area contributed by atoms with Crippen LogP contribution < -0.4 is 27.0 Å². The molecule has 0 fully saturated rings. The SMILES string of the molecule is CC(C)[C@H](NC(=O)CCOCCOCCOCCOCCON1C(=O)c2ccccc2C1=O)C(=O)N[C@@H](CCCNC(N)=O)C(=O)Nc1ccc(CO)cc1. The lowest BCUT2D eigenvalue weighted by molar-refractivity contribution is -0.132. The van der Waals surface area contributed by atoms with Crippen LogP contribution in [0.1, 0.15) is 59.4 Å². The van der Waals surface area contributed by atoms with E-state index in [9.17, 15) is 33.9 Å². The first-order valence-corrected chi connectivity index (χ1v) is 18.1.